The number of carbonyl (C=O) groups is 1. The standard InChI is InChI=1S/C25H18ClN3O4/c26-21-6-4-5-19(15-21)25-20(16-28(27-25)22-7-2-1-3-8-22)11-14-24(30)33-17-18-9-12-23(13-10-18)29(31)32/h1-16H,17H2/b14-11+. The molecule has 4 aromatic rings. The van der Waals surface area contributed by atoms with Crippen LogP contribution in [0.3, 0.4) is 0 Å². The number of hydrogen-bond donors (Lipinski definition) is 0. The number of benzene rings is 3. The van der Waals surface area contributed by atoms with Crippen LogP contribution in [0, 0.1) is 10.1 Å². The number of nitro benzene ring substituents is 1. The minimum Gasteiger partial charge on any atom is -0.458 e. The van der Waals surface area contributed by atoms with Crippen molar-refractivity contribution in [2.75, 3.05) is 0 Å². The number of nitro groups is 1. The van der Waals surface area contributed by atoms with E-state index in [1.807, 2.05) is 54.7 Å². The lowest BCUT2D eigenvalue weighted by atomic mass is 10.1. The summed E-state index contributed by atoms with van der Waals surface area (Å²) >= 11 is 6.16. The molecule has 0 unspecified atom stereocenters. The second-order valence-electron chi connectivity index (χ2n) is 7.09. The van der Waals surface area contributed by atoms with E-state index in [1.54, 1.807) is 29.0 Å². The molecule has 1 aromatic heterocycles. The highest BCUT2D eigenvalue weighted by Gasteiger charge is 2.12. The fourth-order valence-electron chi connectivity index (χ4n) is 3.16. The van der Waals surface area contributed by atoms with Gasteiger partial charge in [0.05, 0.1) is 10.6 Å². The lowest BCUT2D eigenvalue weighted by Gasteiger charge is -2.02. The molecule has 0 amide bonds. The first kappa shape index (κ1) is 22.0. The van der Waals surface area contributed by atoms with Crippen LogP contribution < -0.4 is 0 Å². The van der Waals surface area contributed by atoms with Gasteiger partial charge in [-0.2, -0.15) is 5.10 Å². The van der Waals surface area contributed by atoms with E-state index in [0.29, 0.717) is 21.8 Å². The van der Waals surface area contributed by atoms with Gasteiger partial charge < -0.3 is 4.74 Å². The van der Waals surface area contributed by atoms with Crippen molar-refractivity contribution in [3.05, 3.63) is 117 Å². The molecule has 0 bridgehead atoms. The number of halogens is 1. The van der Waals surface area contributed by atoms with Crippen LogP contribution in [-0.4, -0.2) is 20.7 Å². The van der Waals surface area contributed by atoms with E-state index in [1.165, 1.54) is 18.2 Å². The number of esters is 1. The first-order valence-electron chi connectivity index (χ1n) is 9.99. The third kappa shape index (κ3) is 5.53. The molecule has 164 valence electrons. The Morgan fingerprint density at radius 3 is 2.52 bits per heavy atom. The van der Waals surface area contributed by atoms with Gasteiger partial charge in [-0.3, -0.25) is 10.1 Å². The third-order valence-corrected chi connectivity index (χ3v) is 5.02. The van der Waals surface area contributed by atoms with E-state index in [9.17, 15) is 14.9 Å². The molecule has 0 atom stereocenters. The molecule has 0 aliphatic heterocycles. The van der Waals surface area contributed by atoms with E-state index in [2.05, 4.69) is 5.10 Å². The molecule has 33 heavy (non-hydrogen) atoms. The molecule has 7 nitrogen and oxygen atoms in total. The van der Waals surface area contributed by atoms with Crippen LogP contribution in [0.1, 0.15) is 11.1 Å². The maximum Gasteiger partial charge on any atom is 0.331 e. The van der Waals surface area contributed by atoms with E-state index < -0.39 is 10.9 Å². The predicted octanol–water partition coefficient (Wildman–Crippen LogP) is 5.86. The zero-order valence-corrected chi connectivity index (χ0v) is 18.1. The van der Waals surface area contributed by atoms with E-state index in [-0.39, 0.29) is 12.3 Å². The summed E-state index contributed by atoms with van der Waals surface area (Å²) in [6, 6.07) is 22.8. The van der Waals surface area contributed by atoms with Crippen molar-refractivity contribution in [3.63, 3.8) is 0 Å². The van der Waals surface area contributed by atoms with Crippen LogP contribution in [0.25, 0.3) is 23.0 Å². The summed E-state index contributed by atoms with van der Waals surface area (Å²) in [5.74, 6) is -0.544. The largest absolute Gasteiger partial charge is 0.458 e. The summed E-state index contributed by atoms with van der Waals surface area (Å²) in [7, 11) is 0. The van der Waals surface area contributed by atoms with Gasteiger partial charge in [0.15, 0.2) is 0 Å². The zero-order valence-electron chi connectivity index (χ0n) is 17.3. The first-order chi connectivity index (χ1) is 16.0. The topological polar surface area (TPSA) is 87.3 Å². The maximum atomic E-state index is 12.3. The number of nitrogens with zero attached hydrogens (tertiary/aromatic N) is 3. The average molecular weight is 460 g/mol. The van der Waals surface area contributed by atoms with Crippen molar-refractivity contribution < 1.29 is 14.5 Å². The number of ether oxygens (including phenoxy) is 1. The Balaban J connectivity index is 1.53. The van der Waals surface area contributed by atoms with Gasteiger partial charge in [0.25, 0.3) is 5.69 Å². The van der Waals surface area contributed by atoms with Gasteiger partial charge in [-0.1, -0.05) is 41.9 Å². The Morgan fingerprint density at radius 1 is 1.06 bits per heavy atom. The van der Waals surface area contributed by atoms with Crippen LogP contribution in [-0.2, 0) is 16.1 Å². The van der Waals surface area contributed by atoms with Gasteiger partial charge in [-0.05, 0) is 48.0 Å². The Kier molecular flexibility index (Phi) is 6.61. The van der Waals surface area contributed by atoms with Gasteiger partial charge in [0.1, 0.15) is 12.3 Å². The molecule has 0 radical (unpaired) electrons. The molecule has 0 aliphatic rings. The molecule has 0 saturated heterocycles. The van der Waals surface area contributed by atoms with E-state index >= 15 is 0 Å². The quantitative estimate of drug-likeness (QED) is 0.149. The monoisotopic (exact) mass is 459 g/mol. The van der Waals surface area contributed by atoms with Crippen molar-refractivity contribution in [1.82, 2.24) is 9.78 Å². The molecule has 0 saturated carbocycles. The first-order valence-corrected chi connectivity index (χ1v) is 10.4. The van der Waals surface area contributed by atoms with Crippen LogP contribution in [0.2, 0.25) is 5.02 Å². The van der Waals surface area contributed by atoms with E-state index in [4.69, 9.17) is 16.3 Å². The highest BCUT2D eigenvalue weighted by molar-refractivity contribution is 6.30. The van der Waals surface area contributed by atoms with Crippen molar-refractivity contribution in [1.29, 1.82) is 0 Å². The van der Waals surface area contributed by atoms with Crippen molar-refractivity contribution in [3.8, 4) is 16.9 Å². The van der Waals surface area contributed by atoms with Gasteiger partial charge >= 0.3 is 5.97 Å². The summed E-state index contributed by atoms with van der Waals surface area (Å²) in [4.78, 5) is 22.5. The Morgan fingerprint density at radius 2 is 1.82 bits per heavy atom. The number of rotatable bonds is 7. The molecule has 8 heteroatoms. The molecule has 0 spiro atoms. The van der Waals surface area contributed by atoms with E-state index in [0.717, 1.165) is 11.3 Å². The molecule has 0 N–H and O–H groups in total. The molecule has 4 rings (SSSR count). The van der Waals surface area contributed by atoms with Gasteiger partial charge in [-0.15, -0.1) is 0 Å². The predicted molar refractivity (Wildman–Crippen MR) is 126 cm³/mol. The second kappa shape index (κ2) is 9.93. The number of hydrogen-bond acceptors (Lipinski definition) is 5. The fraction of sp³-hybridized carbons (Fsp3) is 0.0400. The molecule has 0 aliphatic carbocycles. The Labute approximate surface area is 194 Å². The van der Waals surface area contributed by atoms with Gasteiger partial charge in [0.2, 0.25) is 0 Å². The SMILES string of the molecule is O=C(/C=C/c1cn(-c2ccccc2)nc1-c1cccc(Cl)c1)OCc1ccc([N+](=O)[O-])cc1. The highest BCUT2D eigenvalue weighted by atomic mass is 35.5. The van der Waals surface area contributed by atoms with Gasteiger partial charge in [-0.25, -0.2) is 9.48 Å². The van der Waals surface area contributed by atoms with Crippen LogP contribution in [0.4, 0.5) is 5.69 Å². The van der Waals surface area contributed by atoms with Crippen molar-refractivity contribution >= 4 is 29.3 Å². The highest BCUT2D eigenvalue weighted by Crippen LogP contribution is 2.27. The number of aromatic nitrogens is 2. The summed E-state index contributed by atoms with van der Waals surface area (Å²) in [5.41, 5.74) is 3.71. The smallest absolute Gasteiger partial charge is 0.331 e. The third-order valence-electron chi connectivity index (χ3n) is 4.79. The molecular weight excluding hydrogens is 442 g/mol. The number of para-hydroxylation sites is 1. The Bertz CT molecular complexity index is 1320. The van der Waals surface area contributed by atoms with Crippen LogP contribution in [0.5, 0.6) is 0 Å². The van der Waals surface area contributed by atoms with Crippen LogP contribution in [0.15, 0.2) is 91.1 Å². The summed E-state index contributed by atoms with van der Waals surface area (Å²) in [6.45, 7) is 0.00555. The molecular formula is C25H18ClN3O4. The van der Waals surface area contributed by atoms with Crippen molar-refractivity contribution in [2.24, 2.45) is 0 Å². The maximum absolute atomic E-state index is 12.3. The van der Waals surface area contributed by atoms with Crippen molar-refractivity contribution in [2.45, 2.75) is 6.61 Å². The second-order valence-corrected chi connectivity index (χ2v) is 7.52. The number of non-ortho nitro benzene ring substituents is 1. The minimum atomic E-state index is -0.544. The summed E-state index contributed by atoms with van der Waals surface area (Å²) < 4.78 is 7.00. The summed E-state index contributed by atoms with van der Waals surface area (Å²) in [6.07, 6.45) is 4.79. The zero-order chi connectivity index (χ0) is 23.2. The molecule has 0 fully saturated rings. The van der Waals surface area contributed by atoms with Crippen LogP contribution >= 0.6 is 11.6 Å². The normalized spacial score (nSPS) is 10.9. The molecule has 3 aromatic carbocycles. The Hall–Kier alpha value is -4.23. The lowest BCUT2D eigenvalue weighted by molar-refractivity contribution is -0.384. The van der Waals surface area contributed by atoms with Gasteiger partial charge in [0, 0.05) is 40.6 Å². The lowest BCUT2D eigenvalue weighted by Crippen LogP contribution is -2.00. The fourth-order valence-corrected chi connectivity index (χ4v) is 3.35. The minimum absolute atomic E-state index is 0.00555. The number of carbonyl (C=O) groups excluding carboxylic acids is 1. The average Bonchev–Trinajstić information content (AvgIpc) is 3.26. The molecule has 1 heterocycles. The summed E-state index contributed by atoms with van der Waals surface area (Å²) in [5, 5.41) is 16.0.